The summed E-state index contributed by atoms with van der Waals surface area (Å²) in [6.45, 7) is 6.86. The highest BCUT2D eigenvalue weighted by atomic mass is 16.3. The highest BCUT2D eigenvalue weighted by molar-refractivity contribution is 5.20. The highest BCUT2D eigenvalue weighted by Gasteiger charge is 2.09. The molecular formula is C12H18N2O. The van der Waals surface area contributed by atoms with Crippen LogP contribution in [-0.2, 0) is 13.1 Å². The summed E-state index contributed by atoms with van der Waals surface area (Å²) < 4.78 is 5.59. The van der Waals surface area contributed by atoms with Crippen LogP contribution in [0.25, 0.3) is 0 Å². The van der Waals surface area contributed by atoms with E-state index in [2.05, 4.69) is 17.7 Å². The van der Waals surface area contributed by atoms with Gasteiger partial charge in [-0.3, -0.25) is 4.90 Å². The zero-order valence-electron chi connectivity index (χ0n) is 9.42. The molecule has 0 fully saturated rings. The molecule has 1 heterocycles. The number of rotatable bonds is 5. The van der Waals surface area contributed by atoms with Crippen LogP contribution < -0.4 is 5.73 Å². The van der Waals surface area contributed by atoms with Gasteiger partial charge in [0, 0.05) is 12.1 Å². The molecule has 0 aromatic carbocycles. The fourth-order valence-electron chi connectivity index (χ4n) is 1.50. The molecule has 0 saturated heterocycles. The molecule has 0 amide bonds. The van der Waals surface area contributed by atoms with Crippen LogP contribution in [0.2, 0.25) is 0 Å². The summed E-state index contributed by atoms with van der Waals surface area (Å²) >= 11 is 0. The molecule has 0 radical (unpaired) electrons. The van der Waals surface area contributed by atoms with Gasteiger partial charge in [0.05, 0.1) is 13.1 Å². The lowest BCUT2D eigenvalue weighted by molar-refractivity contribution is 0.283. The Morgan fingerprint density at radius 2 is 2.33 bits per heavy atom. The molecule has 0 saturated carbocycles. The molecule has 1 aromatic heterocycles. The average molecular weight is 206 g/mol. The summed E-state index contributed by atoms with van der Waals surface area (Å²) in [5.41, 5.74) is 6.65. The van der Waals surface area contributed by atoms with Gasteiger partial charge in [-0.1, -0.05) is 12.8 Å². The zero-order valence-corrected chi connectivity index (χ0v) is 9.42. The minimum absolute atomic E-state index is 0.524. The molecule has 1 aromatic rings. The van der Waals surface area contributed by atoms with Gasteiger partial charge in [0.1, 0.15) is 11.5 Å². The van der Waals surface area contributed by atoms with Crippen LogP contribution in [0.15, 0.2) is 10.5 Å². The SMILES string of the molecule is C#CCN(CC)Cc1cc(CN)c(C)o1. The molecule has 0 aliphatic carbocycles. The van der Waals surface area contributed by atoms with Crippen molar-refractivity contribution in [3.8, 4) is 12.3 Å². The van der Waals surface area contributed by atoms with E-state index in [0.717, 1.165) is 30.2 Å². The molecule has 15 heavy (non-hydrogen) atoms. The lowest BCUT2D eigenvalue weighted by Crippen LogP contribution is -2.22. The van der Waals surface area contributed by atoms with Gasteiger partial charge in [-0.05, 0) is 19.5 Å². The predicted molar refractivity (Wildman–Crippen MR) is 61.1 cm³/mol. The second-order valence-corrected chi connectivity index (χ2v) is 3.51. The fourth-order valence-corrected chi connectivity index (χ4v) is 1.50. The molecule has 0 aliphatic rings. The molecule has 0 spiro atoms. The summed E-state index contributed by atoms with van der Waals surface area (Å²) in [6.07, 6.45) is 5.28. The Hall–Kier alpha value is -1.24. The minimum Gasteiger partial charge on any atom is -0.465 e. The number of terminal acetylenes is 1. The van der Waals surface area contributed by atoms with Gasteiger partial charge < -0.3 is 10.2 Å². The molecule has 0 atom stereocenters. The summed E-state index contributed by atoms with van der Waals surface area (Å²) in [5.74, 6) is 4.48. The van der Waals surface area contributed by atoms with Crippen molar-refractivity contribution < 1.29 is 4.42 Å². The van der Waals surface area contributed by atoms with Crippen molar-refractivity contribution in [1.29, 1.82) is 0 Å². The molecule has 0 bridgehead atoms. The number of furan rings is 1. The van der Waals surface area contributed by atoms with Crippen molar-refractivity contribution in [3.63, 3.8) is 0 Å². The highest BCUT2D eigenvalue weighted by Crippen LogP contribution is 2.15. The zero-order chi connectivity index (χ0) is 11.3. The van der Waals surface area contributed by atoms with Crippen LogP contribution in [0, 0.1) is 19.3 Å². The Labute approximate surface area is 91.2 Å². The Kier molecular flexibility index (Phi) is 4.41. The van der Waals surface area contributed by atoms with E-state index in [9.17, 15) is 0 Å². The van der Waals surface area contributed by atoms with Crippen molar-refractivity contribution in [3.05, 3.63) is 23.2 Å². The summed E-state index contributed by atoms with van der Waals surface area (Å²) in [4.78, 5) is 2.14. The average Bonchev–Trinajstić information content (AvgIpc) is 2.58. The molecule has 1 rings (SSSR count). The second kappa shape index (κ2) is 5.59. The first-order valence-corrected chi connectivity index (χ1v) is 5.15. The third-order valence-corrected chi connectivity index (χ3v) is 2.43. The standard InChI is InChI=1S/C12H18N2O/c1-4-6-14(5-2)9-12-7-11(8-13)10(3)15-12/h1,7H,5-6,8-9,13H2,2-3H3. The van der Waals surface area contributed by atoms with E-state index in [4.69, 9.17) is 16.6 Å². The maximum atomic E-state index is 5.59. The smallest absolute Gasteiger partial charge is 0.118 e. The minimum atomic E-state index is 0.524. The van der Waals surface area contributed by atoms with Crippen LogP contribution >= 0.6 is 0 Å². The molecule has 0 aliphatic heterocycles. The maximum Gasteiger partial charge on any atom is 0.118 e. The van der Waals surface area contributed by atoms with E-state index in [-0.39, 0.29) is 0 Å². The summed E-state index contributed by atoms with van der Waals surface area (Å²) in [7, 11) is 0. The molecule has 0 unspecified atom stereocenters. The maximum absolute atomic E-state index is 5.59. The predicted octanol–water partition coefficient (Wildman–Crippen LogP) is 1.50. The van der Waals surface area contributed by atoms with Crippen molar-refractivity contribution in [1.82, 2.24) is 4.90 Å². The van der Waals surface area contributed by atoms with Crippen LogP contribution in [0.5, 0.6) is 0 Å². The monoisotopic (exact) mass is 206 g/mol. The number of aryl methyl sites for hydroxylation is 1. The lowest BCUT2D eigenvalue weighted by Gasteiger charge is -2.14. The molecule has 3 nitrogen and oxygen atoms in total. The molecule has 2 N–H and O–H groups in total. The van der Waals surface area contributed by atoms with Crippen LogP contribution in [0.1, 0.15) is 24.0 Å². The quantitative estimate of drug-likeness (QED) is 0.742. The van der Waals surface area contributed by atoms with Crippen LogP contribution in [-0.4, -0.2) is 18.0 Å². The van der Waals surface area contributed by atoms with Gasteiger partial charge in [0.2, 0.25) is 0 Å². The van der Waals surface area contributed by atoms with Gasteiger partial charge in [-0.15, -0.1) is 6.42 Å². The Morgan fingerprint density at radius 3 is 2.80 bits per heavy atom. The van der Waals surface area contributed by atoms with Crippen molar-refractivity contribution >= 4 is 0 Å². The van der Waals surface area contributed by atoms with Gasteiger partial charge in [-0.25, -0.2) is 0 Å². The lowest BCUT2D eigenvalue weighted by atomic mass is 10.2. The topological polar surface area (TPSA) is 42.4 Å². The Bertz CT molecular complexity index is 349. The number of nitrogens with zero attached hydrogens (tertiary/aromatic N) is 1. The third kappa shape index (κ3) is 3.12. The van der Waals surface area contributed by atoms with E-state index in [1.807, 2.05) is 13.0 Å². The normalized spacial score (nSPS) is 10.6. The fraction of sp³-hybridized carbons (Fsp3) is 0.500. The van der Waals surface area contributed by atoms with E-state index in [1.54, 1.807) is 0 Å². The van der Waals surface area contributed by atoms with Crippen molar-refractivity contribution in [2.45, 2.75) is 26.9 Å². The van der Waals surface area contributed by atoms with Gasteiger partial charge in [-0.2, -0.15) is 0 Å². The Balaban J connectivity index is 2.67. The first-order chi connectivity index (χ1) is 7.21. The number of nitrogens with two attached hydrogens (primary N) is 1. The van der Waals surface area contributed by atoms with E-state index in [1.165, 1.54) is 0 Å². The molecular weight excluding hydrogens is 188 g/mol. The van der Waals surface area contributed by atoms with E-state index >= 15 is 0 Å². The van der Waals surface area contributed by atoms with Gasteiger partial charge in [0.25, 0.3) is 0 Å². The third-order valence-electron chi connectivity index (χ3n) is 2.43. The van der Waals surface area contributed by atoms with Gasteiger partial charge in [0.15, 0.2) is 0 Å². The second-order valence-electron chi connectivity index (χ2n) is 3.51. The number of hydrogen-bond donors (Lipinski definition) is 1. The molecule has 3 heteroatoms. The van der Waals surface area contributed by atoms with Crippen LogP contribution in [0.3, 0.4) is 0 Å². The first-order valence-electron chi connectivity index (χ1n) is 5.15. The van der Waals surface area contributed by atoms with Crippen LogP contribution in [0.4, 0.5) is 0 Å². The van der Waals surface area contributed by atoms with Gasteiger partial charge >= 0.3 is 0 Å². The van der Waals surface area contributed by atoms with E-state index in [0.29, 0.717) is 13.1 Å². The first kappa shape index (κ1) is 11.8. The summed E-state index contributed by atoms with van der Waals surface area (Å²) in [5, 5.41) is 0. The molecule has 82 valence electrons. The van der Waals surface area contributed by atoms with Crippen molar-refractivity contribution in [2.75, 3.05) is 13.1 Å². The van der Waals surface area contributed by atoms with E-state index < -0.39 is 0 Å². The number of hydrogen-bond acceptors (Lipinski definition) is 3. The Morgan fingerprint density at radius 1 is 1.60 bits per heavy atom. The van der Waals surface area contributed by atoms with Crippen molar-refractivity contribution in [2.24, 2.45) is 5.73 Å². The summed E-state index contributed by atoms with van der Waals surface area (Å²) in [6, 6.07) is 2.01. The largest absolute Gasteiger partial charge is 0.465 e.